The van der Waals surface area contributed by atoms with Crippen molar-refractivity contribution in [1.82, 2.24) is 0 Å². The van der Waals surface area contributed by atoms with Gasteiger partial charge in [-0.05, 0) is 37.8 Å². The minimum absolute atomic E-state index is 0.190. The highest BCUT2D eigenvalue weighted by molar-refractivity contribution is 5.75. The van der Waals surface area contributed by atoms with E-state index in [4.69, 9.17) is 19.7 Å². The predicted octanol–water partition coefficient (Wildman–Crippen LogP) is 3.66. The highest BCUT2D eigenvalue weighted by Crippen LogP contribution is 2.36. The molecule has 0 aliphatic heterocycles. The van der Waals surface area contributed by atoms with Crippen LogP contribution in [0.15, 0.2) is 48.5 Å². The molecule has 0 heterocycles. The number of benzene rings is 2. The molecule has 0 aliphatic carbocycles. The third-order valence-corrected chi connectivity index (χ3v) is 3.68. The Morgan fingerprint density at radius 3 is 1.42 bits per heavy atom. The molecule has 0 aliphatic rings. The van der Waals surface area contributed by atoms with Gasteiger partial charge in [-0.15, -0.1) is 0 Å². The molecule has 2 aromatic rings. The van der Waals surface area contributed by atoms with Gasteiger partial charge in [0.1, 0.15) is 11.5 Å². The molecule has 0 unspecified atom stereocenters. The molecule has 0 aromatic heterocycles. The van der Waals surface area contributed by atoms with Crippen molar-refractivity contribution in [3.8, 4) is 22.6 Å². The van der Waals surface area contributed by atoms with Crippen LogP contribution in [0.1, 0.15) is 25.7 Å². The quantitative estimate of drug-likeness (QED) is 0.617. The summed E-state index contributed by atoms with van der Waals surface area (Å²) < 4.78 is 11.8. The van der Waals surface area contributed by atoms with E-state index in [1.54, 1.807) is 0 Å². The van der Waals surface area contributed by atoms with Crippen molar-refractivity contribution < 1.29 is 19.7 Å². The lowest BCUT2D eigenvalue weighted by Gasteiger charge is -2.15. The first-order valence-corrected chi connectivity index (χ1v) is 8.52. The number of aliphatic hydroxyl groups excluding tert-OH is 2. The van der Waals surface area contributed by atoms with Crippen LogP contribution in [-0.4, -0.2) is 36.6 Å². The van der Waals surface area contributed by atoms with Gasteiger partial charge < -0.3 is 19.7 Å². The van der Waals surface area contributed by atoms with E-state index >= 15 is 0 Å². The molecular weight excluding hydrogens is 304 g/mol. The molecule has 0 atom stereocenters. The van der Waals surface area contributed by atoms with Crippen molar-refractivity contribution in [2.24, 2.45) is 0 Å². The van der Waals surface area contributed by atoms with E-state index in [9.17, 15) is 0 Å². The Hall–Kier alpha value is -2.04. The maximum absolute atomic E-state index is 8.87. The molecule has 2 aromatic carbocycles. The minimum Gasteiger partial charge on any atom is -0.493 e. The van der Waals surface area contributed by atoms with Crippen molar-refractivity contribution in [2.75, 3.05) is 26.4 Å². The summed E-state index contributed by atoms with van der Waals surface area (Å²) in [7, 11) is 0. The molecule has 4 nitrogen and oxygen atoms in total. The molecule has 0 amide bonds. The second kappa shape index (κ2) is 10.7. The van der Waals surface area contributed by atoms with Gasteiger partial charge in [-0.25, -0.2) is 0 Å². The minimum atomic E-state index is 0.190. The molecule has 2 N–H and O–H groups in total. The van der Waals surface area contributed by atoms with Crippen LogP contribution in [-0.2, 0) is 0 Å². The van der Waals surface area contributed by atoms with Crippen molar-refractivity contribution in [3.05, 3.63) is 48.5 Å². The summed E-state index contributed by atoms with van der Waals surface area (Å²) in [6.45, 7) is 1.54. The van der Waals surface area contributed by atoms with Gasteiger partial charge in [-0.3, -0.25) is 0 Å². The van der Waals surface area contributed by atoms with Crippen LogP contribution >= 0.6 is 0 Å². The third-order valence-electron chi connectivity index (χ3n) is 3.68. The van der Waals surface area contributed by atoms with E-state index < -0.39 is 0 Å². The summed E-state index contributed by atoms with van der Waals surface area (Å²) in [6, 6.07) is 15.8. The number of aliphatic hydroxyl groups is 2. The van der Waals surface area contributed by atoms with Crippen molar-refractivity contribution in [2.45, 2.75) is 25.7 Å². The van der Waals surface area contributed by atoms with Gasteiger partial charge in [0.25, 0.3) is 0 Å². The zero-order valence-corrected chi connectivity index (χ0v) is 14.0. The smallest absolute Gasteiger partial charge is 0.127 e. The Bertz CT molecular complexity index is 544. The lowest BCUT2D eigenvalue weighted by Crippen LogP contribution is -2.02. The normalized spacial score (nSPS) is 10.6. The Balaban J connectivity index is 2.12. The van der Waals surface area contributed by atoms with E-state index in [1.807, 2.05) is 48.5 Å². The highest BCUT2D eigenvalue weighted by atomic mass is 16.5. The summed E-state index contributed by atoms with van der Waals surface area (Å²) in [5.41, 5.74) is 2.00. The molecule has 0 saturated carbocycles. The summed E-state index contributed by atoms with van der Waals surface area (Å²) in [5, 5.41) is 17.7. The van der Waals surface area contributed by atoms with E-state index in [0.29, 0.717) is 13.2 Å². The fraction of sp³-hybridized carbons (Fsp3) is 0.400. The Morgan fingerprint density at radius 2 is 1.00 bits per heavy atom. The largest absolute Gasteiger partial charge is 0.493 e. The van der Waals surface area contributed by atoms with E-state index in [1.165, 1.54) is 0 Å². The molecule has 0 bridgehead atoms. The molecule has 0 radical (unpaired) electrons. The number of ether oxygens (including phenoxy) is 2. The molecule has 0 saturated heterocycles. The van der Waals surface area contributed by atoms with E-state index in [0.717, 1.165) is 48.3 Å². The molecule has 2 rings (SSSR count). The molecule has 24 heavy (non-hydrogen) atoms. The molecule has 0 fully saturated rings. The first-order chi connectivity index (χ1) is 11.9. The Morgan fingerprint density at radius 1 is 0.583 bits per heavy atom. The maximum Gasteiger partial charge on any atom is 0.127 e. The van der Waals surface area contributed by atoms with Gasteiger partial charge in [0.15, 0.2) is 0 Å². The monoisotopic (exact) mass is 330 g/mol. The van der Waals surface area contributed by atoms with Gasteiger partial charge in [-0.1, -0.05) is 36.4 Å². The van der Waals surface area contributed by atoms with Gasteiger partial charge in [-0.2, -0.15) is 0 Å². The average molecular weight is 330 g/mol. The summed E-state index contributed by atoms with van der Waals surface area (Å²) in [6.07, 6.45) is 3.13. The topological polar surface area (TPSA) is 58.9 Å². The number of para-hydroxylation sites is 2. The lowest BCUT2D eigenvalue weighted by molar-refractivity contribution is 0.252. The third kappa shape index (κ3) is 5.55. The summed E-state index contributed by atoms with van der Waals surface area (Å²) in [5.74, 6) is 1.64. The van der Waals surface area contributed by atoms with Crippen LogP contribution in [0.2, 0.25) is 0 Å². The number of rotatable bonds is 11. The fourth-order valence-corrected chi connectivity index (χ4v) is 2.42. The average Bonchev–Trinajstić information content (AvgIpc) is 2.63. The van der Waals surface area contributed by atoms with Gasteiger partial charge in [0, 0.05) is 24.3 Å². The highest BCUT2D eigenvalue weighted by Gasteiger charge is 2.11. The Kier molecular flexibility index (Phi) is 8.15. The van der Waals surface area contributed by atoms with Crippen LogP contribution in [0.4, 0.5) is 0 Å². The van der Waals surface area contributed by atoms with Crippen LogP contribution in [0, 0.1) is 0 Å². The SMILES string of the molecule is OCCCCOc1ccccc1-c1ccccc1OCCCCO. The zero-order valence-electron chi connectivity index (χ0n) is 14.0. The lowest BCUT2D eigenvalue weighted by atomic mass is 10.0. The number of unbranched alkanes of at least 4 members (excludes halogenated alkanes) is 2. The van der Waals surface area contributed by atoms with E-state index in [2.05, 4.69) is 0 Å². The standard InChI is InChI=1S/C20H26O4/c21-13-5-7-15-23-19-11-3-1-9-17(19)18-10-2-4-12-20(18)24-16-8-6-14-22/h1-4,9-12,21-22H,5-8,13-16H2. The van der Waals surface area contributed by atoms with Crippen molar-refractivity contribution in [3.63, 3.8) is 0 Å². The van der Waals surface area contributed by atoms with Gasteiger partial charge >= 0.3 is 0 Å². The van der Waals surface area contributed by atoms with Gasteiger partial charge in [0.05, 0.1) is 13.2 Å². The molecule has 0 spiro atoms. The maximum atomic E-state index is 8.87. The first-order valence-electron chi connectivity index (χ1n) is 8.52. The molecular formula is C20H26O4. The predicted molar refractivity (Wildman–Crippen MR) is 95.5 cm³/mol. The van der Waals surface area contributed by atoms with Crippen LogP contribution in [0.5, 0.6) is 11.5 Å². The van der Waals surface area contributed by atoms with Crippen molar-refractivity contribution >= 4 is 0 Å². The summed E-state index contributed by atoms with van der Waals surface area (Å²) >= 11 is 0. The van der Waals surface area contributed by atoms with E-state index in [-0.39, 0.29) is 13.2 Å². The summed E-state index contributed by atoms with van der Waals surface area (Å²) in [4.78, 5) is 0. The first kappa shape index (κ1) is 18.3. The van der Waals surface area contributed by atoms with Crippen molar-refractivity contribution in [1.29, 1.82) is 0 Å². The zero-order chi connectivity index (χ0) is 17.0. The van der Waals surface area contributed by atoms with Crippen LogP contribution in [0.25, 0.3) is 11.1 Å². The number of hydrogen-bond acceptors (Lipinski definition) is 4. The second-order valence-electron chi connectivity index (χ2n) is 5.55. The van der Waals surface area contributed by atoms with Crippen LogP contribution in [0.3, 0.4) is 0 Å². The molecule has 130 valence electrons. The fourth-order valence-electron chi connectivity index (χ4n) is 2.42. The molecule has 4 heteroatoms. The van der Waals surface area contributed by atoms with Crippen LogP contribution < -0.4 is 9.47 Å². The number of hydrogen-bond donors (Lipinski definition) is 2. The van der Waals surface area contributed by atoms with Gasteiger partial charge in [0.2, 0.25) is 0 Å². The second-order valence-corrected chi connectivity index (χ2v) is 5.55. The Labute approximate surface area is 143 Å².